The minimum atomic E-state index is -0.567. The zero-order chi connectivity index (χ0) is 18.3. The van der Waals surface area contributed by atoms with E-state index < -0.39 is 11.9 Å². The molecule has 9 heteroatoms. The number of esters is 2. The first-order valence-electron chi connectivity index (χ1n) is 6.78. The lowest BCUT2D eigenvalue weighted by Gasteiger charge is -2.19. The van der Waals surface area contributed by atoms with Gasteiger partial charge in [-0.1, -0.05) is 0 Å². The monoisotopic (exact) mass is 357 g/mol. The number of benzene rings is 1. The average Bonchev–Trinajstić information content (AvgIpc) is 2.52. The summed E-state index contributed by atoms with van der Waals surface area (Å²) < 4.78 is 20.3. The quantitative estimate of drug-likeness (QED) is 0.448. The van der Waals surface area contributed by atoms with Crippen LogP contribution < -0.4 is 19.5 Å². The van der Waals surface area contributed by atoms with Crippen molar-refractivity contribution >= 4 is 35.3 Å². The second-order valence-corrected chi connectivity index (χ2v) is 5.44. The van der Waals surface area contributed by atoms with Gasteiger partial charge in [0.05, 0.1) is 37.7 Å². The predicted molar refractivity (Wildman–Crippen MR) is 87.9 cm³/mol. The van der Waals surface area contributed by atoms with Gasteiger partial charge >= 0.3 is 11.9 Å². The normalized spacial score (nSPS) is 9.88. The molecular formula is C15H19NO7S. The molecule has 0 aromatic heterocycles. The van der Waals surface area contributed by atoms with E-state index in [4.69, 9.17) is 14.2 Å². The number of thioether (sulfide) groups is 1. The van der Waals surface area contributed by atoms with Crippen LogP contribution in [0.25, 0.3) is 0 Å². The highest BCUT2D eigenvalue weighted by molar-refractivity contribution is 8.00. The summed E-state index contributed by atoms with van der Waals surface area (Å²) in [6, 6.07) is 1.49. The van der Waals surface area contributed by atoms with E-state index in [1.807, 2.05) is 0 Å². The molecule has 1 rings (SSSR count). The van der Waals surface area contributed by atoms with Gasteiger partial charge in [0.25, 0.3) is 0 Å². The molecule has 0 spiro atoms. The molecule has 0 heterocycles. The summed E-state index contributed by atoms with van der Waals surface area (Å²) in [6.45, 7) is 2.58. The first kappa shape index (κ1) is 19.6. The van der Waals surface area contributed by atoms with Gasteiger partial charge in [-0.25, -0.2) is 0 Å². The summed E-state index contributed by atoms with van der Waals surface area (Å²) in [4.78, 5) is 34.6. The van der Waals surface area contributed by atoms with E-state index in [-0.39, 0.29) is 28.9 Å². The van der Waals surface area contributed by atoms with E-state index in [0.29, 0.717) is 10.6 Å². The summed E-state index contributed by atoms with van der Waals surface area (Å²) in [5.41, 5.74) is 0.362. The smallest absolute Gasteiger partial charge is 0.315 e. The van der Waals surface area contributed by atoms with Gasteiger partial charge in [0, 0.05) is 19.9 Å². The lowest BCUT2D eigenvalue weighted by molar-refractivity contribution is -0.137. The largest absolute Gasteiger partial charge is 0.493 e. The molecule has 0 saturated heterocycles. The van der Waals surface area contributed by atoms with Crippen molar-refractivity contribution < 1.29 is 33.3 Å². The minimum absolute atomic E-state index is 0.0225. The first-order chi connectivity index (χ1) is 11.3. The SMILES string of the molecule is COC(=O)CSc1c(NC(C)=O)cc(OC)c(OC(C)=O)c1OC. The van der Waals surface area contributed by atoms with Gasteiger partial charge in [0.2, 0.25) is 11.7 Å². The van der Waals surface area contributed by atoms with Gasteiger partial charge in [0.1, 0.15) is 0 Å². The van der Waals surface area contributed by atoms with Crippen LogP contribution in [-0.2, 0) is 19.1 Å². The summed E-state index contributed by atoms with van der Waals surface area (Å²) in [6.07, 6.45) is 0. The van der Waals surface area contributed by atoms with Crippen LogP contribution in [0.5, 0.6) is 17.2 Å². The molecule has 1 aromatic carbocycles. The number of ether oxygens (including phenoxy) is 4. The molecule has 0 aliphatic rings. The fourth-order valence-corrected chi connectivity index (χ4v) is 2.75. The zero-order valence-corrected chi connectivity index (χ0v) is 14.9. The fraction of sp³-hybridized carbons (Fsp3) is 0.400. The van der Waals surface area contributed by atoms with Crippen LogP contribution in [0.15, 0.2) is 11.0 Å². The standard InChI is InChI=1S/C15H19NO7S/c1-8(17)16-10-6-11(20-3)13(23-9(2)18)14(22-5)15(10)24-7-12(19)21-4/h6H,7H2,1-5H3,(H,16,17). The van der Waals surface area contributed by atoms with Crippen LogP contribution in [0.2, 0.25) is 0 Å². The molecule has 0 bridgehead atoms. The Bertz CT molecular complexity index is 645. The molecule has 132 valence electrons. The molecule has 0 unspecified atom stereocenters. The van der Waals surface area contributed by atoms with E-state index in [9.17, 15) is 14.4 Å². The number of carbonyl (C=O) groups is 3. The summed E-state index contributed by atoms with van der Waals surface area (Å²) in [7, 11) is 4.04. The maximum absolute atomic E-state index is 11.4. The number of amides is 1. The van der Waals surface area contributed by atoms with Gasteiger partial charge < -0.3 is 24.3 Å². The molecule has 8 nitrogen and oxygen atoms in total. The molecule has 1 aromatic rings. The molecule has 0 atom stereocenters. The van der Waals surface area contributed by atoms with Crippen molar-refractivity contribution in [3.8, 4) is 17.2 Å². The van der Waals surface area contributed by atoms with E-state index in [1.54, 1.807) is 0 Å². The van der Waals surface area contributed by atoms with Crippen molar-refractivity contribution in [3.63, 3.8) is 0 Å². The maximum Gasteiger partial charge on any atom is 0.315 e. The van der Waals surface area contributed by atoms with Gasteiger partial charge in [-0.05, 0) is 0 Å². The molecular weight excluding hydrogens is 338 g/mol. The second-order valence-electron chi connectivity index (χ2n) is 4.46. The zero-order valence-electron chi connectivity index (χ0n) is 14.1. The molecule has 0 aliphatic carbocycles. The molecule has 24 heavy (non-hydrogen) atoms. The van der Waals surface area contributed by atoms with E-state index in [0.717, 1.165) is 11.8 Å². The van der Waals surface area contributed by atoms with Gasteiger partial charge in [0.15, 0.2) is 11.5 Å². The predicted octanol–water partition coefficient (Wildman–Crippen LogP) is 1.85. The Balaban J connectivity index is 3.48. The highest BCUT2D eigenvalue weighted by Crippen LogP contribution is 2.48. The summed E-state index contributed by atoms with van der Waals surface area (Å²) >= 11 is 1.07. The lowest BCUT2D eigenvalue weighted by atomic mass is 10.2. The molecule has 0 fully saturated rings. The van der Waals surface area contributed by atoms with E-state index in [1.165, 1.54) is 41.2 Å². The van der Waals surface area contributed by atoms with Gasteiger partial charge in [-0.2, -0.15) is 0 Å². The molecule has 0 radical (unpaired) electrons. The Morgan fingerprint density at radius 1 is 1.08 bits per heavy atom. The third kappa shape index (κ3) is 5.05. The van der Waals surface area contributed by atoms with Crippen LogP contribution in [0.4, 0.5) is 5.69 Å². The number of nitrogens with one attached hydrogen (secondary N) is 1. The highest BCUT2D eigenvalue weighted by Gasteiger charge is 2.24. The number of rotatable bonds is 7. The van der Waals surface area contributed by atoms with Crippen LogP contribution >= 0.6 is 11.8 Å². The lowest BCUT2D eigenvalue weighted by Crippen LogP contribution is -2.11. The van der Waals surface area contributed by atoms with Crippen molar-refractivity contribution in [2.45, 2.75) is 18.7 Å². The van der Waals surface area contributed by atoms with Crippen molar-refractivity contribution in [1.29, 1.82) is 0 Å². The number of hydrogen-bond donors (Lipinski definition) is 1. The van der Waals surface area contributed by atoms with Crippen molar-refractivity contribution in [1.82, 2.24) is 0 Å². The Morgan fingerprint density at radius 2 is 1.75 bits per heavy atom. The number of hydrogen-bond acceptors (Lipinski definition) is 8. The molecule has 0 aliphatic heterocycles. The molecule has 0 saturated carbocycles. The Labute approximate surface area is 143 Å². The van der Waals surface area contributed by atoms with E-state index >= 15 is 0 Å². The molecule has 1 amide bonds. The summed E-state index contributed by atoms with van der Waals surface area (Å²) in [5, 5.41) is 2.63. The number of methoxy groups -OCH3 is 3. The van der Waals surface area contributed by atoms with Crippen molar-refractivity contribution in [2.24, 2.45) is 0 Å². The van der Waals surface area contributed by atoms with Crippen molar-refractivity contribution in [2.75, 3.05) is 32.4 Å². The Kier molecular flexibility index (Phi) is 7.37. The van der Waals surface area contributed by atoms with Crippen LogP contribution in [-0.4, -0.2) is 44.9 Å². The second kappa shape index (κ2) is 9.02. The minimum Gasteiger partial charge on any atom is -0.493 e. The molecule has 1 N–H and O–H groups in total. The van der Waals surface area contributed by atoms with Crippen LogP contribution in [0, 0.1) is 0 Å². The topological polar surface area (TPSA) is 100 Å². The van der Waals surface area contributed by atoms with E-state index in [2.05, 4.69) is 10.1 Å². The maximum atomic E-state index is 11.4. The van der Waals surface area contributed by atoms with Crippen LogP contribution in [0.3, 0.4) is 0 Å². The van der Waals surface area contributed by atoms with Crippen molar-refractivity contribution in [3.05, 3.63) is 6.07 Å². The first-order valence-corrected chi connectivity index (χ1v) is 7.77. The van der Waals surface area contributed by atoms with Gasteiger partial charge in [-0.15, -0.1) is 11.8 Å². The van der Waals surface area contributed by atoms with Gasteiger partial charge in [-0.3, -0.25) is 14.4 Å². The number of anilines is 1. The highest BCUT2D eigenvalue weighted by atomic mass is 32.2. The average molecular weight is 357 g/mol. The third-order valence-corrected chi connectivity index (χ3v) is 3.77. The Hall–Kier alpha value is -2.42. The Morgan fingerprint density at radius 3 is 2.21 bits per heavy atom. The summed E-state index contributed by atoms with van der Waals surface area (Å²) in [5.74, 6) is -0.933. The third-order valence-electron chi connectivity index (χ3n) is 2.70. The van der Waals surface area contributed by atoms with Crippen LogP contribution in [0.1, 0.15) is 13.8 Å². The fourth-order valence-electron chi connectivity index (χ4n) is 1.79. The number of carbonyl (C=O) groups excluding carboxylic acids is 3.